The van der Waals surface area contributed by atoms with Gasteiger partial charge in [-0.15, -0.1) is 0 Å². The van der Waals surface area contributed by atoms with Crippen molar-refractivity contribution in [1.82, 2.24) is 9.88 Å². The summed E-state index contributed by atoms with van der Waals surface area (Å²) in [6.07, 6.45) is 4.99. The van der Waals surface area contributed by atoms with Crippen LogP contribution in [0, 0.1) is 0 Å². The first-order valence-corrected chi connectivity index (χ1v) is 9.91. The number of hydrogen-bond donors (Lipinski definition) is 1. The van der Waals surface area contributed by atoms with Gasteiger partial charge < -0.3 is 5.32 Å². The summed E-state index contributed by atoms with van der Waals surface area (Å²) in [4.78, 5) is 19.1. The molecule has 0 spiro atoms. The van der Waals surface area contributed by atoms with Crippen molar-refractivity contribution in [2.24, 2.45) is 0 Å². The maximum absolute atomic E-state index is 12.4. The molecule has 1 amide bonds. The molecule has 1 aromatic heterocycles. The van der Waals surface area contributed by atoms with Crippen molar-refractivity contribution >= 4 is 11.6 Å². The lowest BCUT2D eigenvalue weighted by Crippen LogP contribution is -2.39. The van der Waals surface area contributed by atoms with E-state index >= 15 is 0 Å². The molecule has 1 N–H and O–H groups in total. The van der Waals surface area contributed by atoms with Gasteiger partial charge in [0.15, 0.2) is 0 Å². The lowest BCUT2D eigenvalue weighted by molar-refractivity contribution is 0.102. The minimum atomic E-state index is -0.167. The van der Waals surface area contributed by atoms with Crippen LogP contribution in [-0.2, 0) is 25.8 Å². The largest absolute Gasteiger partial charge is 0.321 e. The number of rotatable bonds is 3. The fourth-order valence-electron chi connectivity index (χ4n) is 4.45. The molecule has 0 bridgehead atoms. The molecule has 0 saturated heterocycles. The minimum absolute atomic E-state index is 0.167. The SMILES string of the molecule is O=C(Nc1ccc2c(c1)CN(C1Cc3ccccc3C1)CC2)c1ccccn1. The van der Waals surface area contributed by atoms with Crippen LogP contribution in [0.3, 0.4) is 0 Å². The van der Waals surface area contributed by atoms with Crippen molar-refractivity contribution in [3.63, 3.8) is 0 Å². The Morgan fingerprint density at radius 1 is 0.929 bits per heavy atom. The van der Waals surface area contributed by atoms with Crippen LogP contribution in [0.25, 0.3) is 0 Å². The normalized spacial score (nSPS) is 16.4. The van der Waals surface area contributed by atoms with Gasteiger partial charge in [-0.2, -0.15) is 0 Å². The lowest BCUT2D eigenvalue weighted by atomic mass is 9.97. The number of pyridine rings is 1. The van der Waals surface area contributed by atoms with Gasteiger partial charge in [0.2, 0.25) is 0 Å². The Morgan fingerprint density at radius 2 is 1.71 bits per heavy atom. The molecule has 1 aliphatic heterocycles. The first-order valence-electron chi connectivity index (χ1n) is 9.91. The second kappa shape index (κ2) is 7.21. The third kappa shape index (κ3) is 3.32. The van der Waals surface area contributed by atoms with E-state index < -0.39 is 0 Å². The number of aromatic nitrogens is 1. The highest BCUT2D eigenvalue weighted by Crippen LogP contribution is 2.30. The number of carbonyl (C=O) groups is 1. The van der Waals surface area contributed by atoms with Crippen LogP contribution < -0.4 is 5.32 Å². The first kappa shape index (κ1) is 17.1. The highest BCUT2D eigenvalue weighted by Gasteiger charge is 2.29. The number of hydrogen-bond acceptors (Lipinski definition) is 3. The fourth-order valence-corrected chi connectivity index (χ4v) is 4.45. The average molecular weight is 369 g/mol. The highest BCUT2D eigenvalue weighted by atomic mass is 16.1. The molecule has 2 heterocycles. The van der Waals surface area contributed by atoms with Gasteiger partial charge >= 0.3 is 0 Å². The van der Waals surface area contributed by atoms with Crippen LogP contribution in [0.5, 0.6) is 0 Å². The molecule has 3 aromatic rings. The van der Waals surface area contributed by atoms with Gasteiger partial charge in [0, 0.05) is 31.0 Å². The molecule has 4 nitrogen and oxygen atoms in total. The lowest BCUT2D eigenvalue weighted by Gasteiger charge is -2.34. The molecule has 0 saturated carbocycles. The molecule has 5 rings (SSSR count). The van der Waals surface area contributed by atoms with Crippen LogP contribution in [0.15, 0.2) is 66.9 Å². The number of nitrogens with one attached hydrogen (secondary N) is 1. The quantitative estimate of drug-likeness (QED) is 0.763. The molecule has 0 unspecified atom stereocenters. The maximum atomic E-state index is 12.4. The number of benzene rings is 2. The van der Waals surface area contributed by atoms with Crippen LogP contribution in [-0.4, -0.2) is 28.4 Å². The monoisotopic (exact) mass is 369 g/mol. The summed E-state index contributed by atoms with van der Waals surface area (Å²) in [5, 5.41) is 2.99. The fraction of sp³-hybridized carbons (Fsp3) is 0.250. The zero-order valence-electron chi connectivity index (χ0n) is 15.8. The van der Waals surface area contributed by atoms with E-state index in [2.05, 4.69) is 51.6 Å². The number of fused-ring (bicyclic) bond motifs is 2. The van der Waals surface area contributed by atoms with Gasteiger partial charge in [0.25, 0.3) is 5.91 Å². The van der Waals surface area contributed by atoms with E-state index in [9.17, 15) is 4.79 Å². The molecule has 2 aliphatic rings. The van der Waals surface area contributed by atoms with Gasteiger partial charge in [-0.3, -0.25) is 14.7 Å². The summed E-state index contributed by atoms with van der Waals surface area (Å²) in [6, 6.07) is 21.0. The zero-order valence-corrected chi connectivity index (χ0v) is 15.8. The Labute approximate surface area is 165 Å². The van der Waals surface area contributed by atoms with Gasteiger partial charge in [-0.05, 0) is 65.8 Å². The van der Waals surface area contributed by atoms with Crippen molar-refractivity contribution < 1.29 is 4.79 Å². The summed E-state index contributed by atoms with van der Waals surface area (Å²) < 4.78 is 0. The van der Waals surface area contributed by atoms with Crippen LogP contribution in [0.2, 0.25) is 0 Å². The smallest absolute Gasteiger partial charge is 0.274 e. The van der Waals surface area contributed by atoms with Crippen molar-refractivity contribution in [2.75, 3.05) is 11.9 Å². The van der Waals surface area contributed by atoms with E-state index in [1.165, 1.54) is 22.3 Å². The number of nitrogens with zero attached hydrogens (tertiary/aromatic N) is 2. The summed E-state index contributed by atoms with van der Waals surface area (Å²) in [7, 11) is 0. The van der Waals surface area contributed by atoms with Crippen molar-refractivity contribution in [2.45, 2.75) is 31.8 Å². The van der Waals surface area contributed by atoms with Crippen molar-refractivity contribution in [1.29, 1.82) is 0 Å². The Bertz CT molecular complexity index is 990. The van der Waals surface area contributed by atoms with Crippen LogP contribution in [0.1, 0.15) is 32.7 Å². The molecule has 28 heavy (non-hydrogen) atoms. The molecule has 0 radical (unpaired) electrons. The van der Waals surface area contributed by atoms with E-state index in [-0.39, 0.29) is 5.91 Å². The van der Waals surface area contributed by atoms with Gasteiger partial charge in [-0.25, -0.2) is 0 Å². The van der Waals surface area contributed by atoms with E-state index in [0.29, 0.717) is 11.7 Å². The second-order valence-corrected chi connectivity index (χ2v) is 7.70. The van der Waals surface area contributed by atoms with E-state index in [1.807, 2.05) is 18.2 Å². The third-order valence-corrected chi connectivity index (χ3v) is 5.95. The minimum Gasteiger partial charge on any atom is -0.321 e. The second-order valence-electron chi connectivity index (χ2n) is 7.70. The summed E-state index contributed by atoms with van der Waals surface area (Å²) in [6.45, 7) is 2.05. The average Bonchev–Trinajstić information content (AvgIpc) is 3.18. The first-order chi connectivity index (χ1) is 13.8. The molecular weight excluding hydrogens is 346 g/mol. The molecule has 0 atom stereocenters. The van der Waals surface area contributed by atoms with Crippen LogP contribution in [0.4, 0.5) is 5.69 Å². The number of amides is 1. The van der Waals surface area contributed by atoms with Gasteiger partial charge in [-0.1, -0.05) is 36.4 Å². The Kier molecular flexibility index (Phi) is 4.41. The third-order valence-electron chi connectivity index (χ3n) is 5.95. The molecule has 0 fully saturated rings. The van der Waals surface area contributed by atoms with E-state index in [4.69, 9.17) is 0 Å². The van der Waals surface area contributed by atoms with Crippen molar-refractivity contribution in [3.05, 3.63) is 94.8 Å². The Hall–Kier alpha value is -2.98. The number of carbonyl (C=O) groups excluding carboxylic acids is 1. The van der Waals surface area contributed by atoms with Crippen molar-refractivity contribution in [3.8, 4) is 0 Å². The zero-order chi connectivity index (χ0) is 18.9. The van der Waals surface area contributed by atoms with E-state index in [1.54, 1.807) is 12.3 Å². The standard InChI is InChI=1S/C24H23N3O/c28-24(23-7-3-4-11-25-23)26-21-9-8-17-10-12-27(16-20(17)13-21)22-14-18-5-1-2-6-19(18)15-22/h1-9,11,13,22H,10,12,14-16H2,(H,26,28). The van der Waals surface area contributed by atoms with Gasteiger partial charge in [0.05, 0.1) is 0 Å². The Morgan fingerprint density at radius 3 is 2.46 bits per heavy atom. The summed E-state index contributed by atoms with van der Waals surface area (Å²) >= 11 is 0. The summed E-state index contributed by atoms with van der Waals surface area (Å²) in [5.41, 5.74) is 6.98. The summed E-state index contributed by atoms with van der Waals surface area (Å²) in [5.74, 6) is -0.167. The maximum Gasteiger partial charge on any atom is 0.274 e. The molecular formula is C24H23N3O. The molecule has 2 aromatic carbocycles. The topological polar surface area (TPSA) is 45.2 Å². The highest BCUT2D eigenvalue weighted by molar-refractivity contribution is 6.02. The van der Waals surface area contributed by atoms with Gasteiger partial charge in [0.1, 0.15) is 5.69 Å². The van der Waals surface area contributed by atoms with Crippen LogP contribution >= 0.6 is 0 Å². The predicted octanol–water partition coefficient (Wildman–Crippen LogP) is 3.86. The molecule has 4 heteroatoms. The van der Waals surface area contributed by atoms with E-state index in [0.717, 1.165) is 38.0 Å². The molecule has 140 valence electrons. The predicted molar refractivity (Wildman–Crippen MR) is 110 cm³/mol. The molecule has 1 aliphatic carbocycles. The number of anilines is 1. The Balaban J connectivity index is 1.30.